The number of rotatable bonds is 4. The highest BCUT2D eigenvalue weighted by Crippen LogP contribution is 2.14. The summed E-state index contributed by atoms with van der Waals surface area (Å²) in [5, 5.41) is 16.6. The number of anilines is 1. The van der Waals surface area contributed by atoms with Crippen molar-refractivity contribution in [2.75, 3.05) is 5.32 Å². The molecule has 8 nitrogen and oxygen atoms in total. The van der Waals surface area contributed by atoms with Gasteiger partial charge in [-0.15, -0.1) is 0 Å². The van der Waals surface area contributed by atoms with E-state index in [0.717, 1.165) is 4.47 Å². The van der Waals surface area contributed by atoms with Gasteiger partial charge in [-0.1, -0.05) is 15.9 Å². The smallest absolute Gasteiger partial charge is 0.318 e. The van der Waals surface area contributed by atoms with Crippen LogP contribution in [0.4, 0.5) is 11.4 Å². The third kappa shape index (κ3) is 4.99. The maximum Gasteiger partial charge on any atom is 0.329 e. The number of amides is 2. The molecular weight excluding hydrogens is 380 g/mol. The molecule has 0 unspecified atom stereocenters. The predicted octanol–water partition coefficient (Wildman–Crippen LogP) is 2.45. The van der Waals surface area contributed by atoms with Gasteiger partial charge in [0.25, 0.3) is 5.69 Å². The zero-order valence-corrected chi connectivity index (χ0v) is 13.7. The molecule has 0 bridgehead atoms. The van der Waals surface area contributed by atoms with Gasteiger partial charge in [0, 0.05) is 22.3 Å². The van der Waals surface area contributed by atoms with E-state index in [1.54, 1.807) is 24.3 Å². The van der Waals surface area contributed by atoms with Crippen LogP contribution in [0.3, 0.4) is 0 Å². The lowest BCUT2D eigenvalue weighted by molar-refractivity contribution is -0.384. The molecule has 0 saturated heterocycles. The lowest BCUT2D eigenvalue weighted by atomic mass is 10.2. The van der Waals surface area contributed by atoms with Crippen LogP contribution < -0.4 is 10.7 Å². The van der Waals surface area contributed by atoms with Crippen molar-refractivity contribution in [1.29, 1.82) is 0 Å². The molecule has 2 N–H and O–H groups in total. The molecule has 0 fully saturated rings. The van der Waals surface area contributed by atoms with E-state index >= 15 is 0 Å². The molecule has 2 amide bonds. The van der Waals surface area contributed by atoms with Crippen molar-refractivity contribution >= 4 is 45.3 Å². The summed E-state index contributed by atoms with van der Waals surface area (Å²) >= 11 is 3.26. The van der Waals surface area contributed by atoms with E-state index < -0.39 is 16.7 Å². The standard InChI is InChI=1S/C15H11BrN4O4/c16-11-3-5-12(6-4-11)18-14(21)15(22)19-17-9-10-1-7-13(8-2-10)20(23)24/h1-9H,(H,18,21)(H,19,22)/b17-9+. The number of halogens is 1. The Morgan fingerprint density at radius 2 is 1.67 bits per heavy atom. The number of carbonyl (C=O) groups is 2. The molecular formula is C15H11BrN4O4. The van der Waals surface area contributed by atoms with Crippen LogP contribution in [-0.4, -0.2) is 23.0 Å². The molecule has 0 aromatic heterocycles. The maximum atomic E-state index is 11.7. The van der Waals surface area contributed by atoms with Crippen LogP contribution in [0.2, 0.25) is 0 Å². The Bertz CT molecular complexity index is 788. The largest absolute Gasteiger partial charge is 0.329 e. The third-order valence-corrected chi connectivity index (χ3v) is 3.32. The van der Waals surface area contributed by atoms with Gasteiger partial charge < -0.3 is 5.32 Å². The topological polar surface area (TPSA) is 114 Å². The van der Waals surface area contributed by atoms with Gasteiger partial charge in [-0.25, -0.2) is 5.43 Å². The molecule has 0 heterocycles. The number of hydrogen-bond donors (Lipinski definition) is 2. The first-order valence-corrected chi connectivity index (χ1v) is 7.39. The fourth-order valence-electron chi connectivity index (χ4n) is 1.62. The number of carbonyl (C=O) groups excluding carboxylic acids is 2. The SMILES string of the molecule is O=C(N/N=C/c1ccc([N+](=O)[O-])cc1)C(=O)Nc1ccc(Br)cc1. The molecule has 0 radical (unpaired) electrons. The number of nitro groups is 1. The Kier molecular flexibility index (Phi) is 5.74. The number of nitrogens with zero attached hydrogens (tertiary/aromatic N) is 2. The van der Waals surface area contributed by atoms with Gasteiger partial charge in [-0.05, 0) is 42.0 Å². The van der Waals surface area contributed by atoms with Crippen molar-refractivity contribution in [3.63, 3.8) is 0 Å². The van der Waals surface area contributed by atoms with Crippen LogP contribution in [0.15, 0.2) is 58.1 Å². The van der Waals surface area contributed by atoms with Crippen molar-refractivity contribution in [1.82, 2.24) is 5.43 Å². The van der Waals surface area contributed by atoms with E-state index in [9.17, 15) is 19.7 Å². The predicted molar refractivity (Wildman–Crippen MR) is 91.6 cm³/mol. The number of benzene rings is 2. The van der Waals surface area contributed by atoms with Crippen LogP contribution in [0.5, 0.6) is 0 Å². The number of nitro benzene ring substituents is 1. The molecule has 24 heavy (non-hydrogen) atoms. The summed E-state index contributed by atoms with van der Waals surface area (Å²) in [6.07, 6.45) is 1.27. The first-order chi connectivity index (χ1) is 11.5. The Morgan fingerprint density at radius 3 is 2.25 bits per heavy atom. The quantitative estimate of drug-likeness (QED) is 0.361. The minimum Gasteiger partial charge on any atom is -0.318 e. The van der Waals surface area contributed by atoms with Crippen LogP contribution in [0, 0.1) is 10.1 Å². The second-order valence-electron chi connectivity index (χ2n) is 4.51. The van der Waals surface area contributed by atoms with Crippen LogP contribution >= 0.6 is 15.9 Å². The zero-order valence-electron chi connectivity index (χ0n) is 12.1. The van der Waals surface area contributed by atoms with E-state index in [0.29, 0.717) is 11.3 Å². The highest BCUT2D eigenvalue weighted by atomic mass is 79.9. The van der Waals surface area contributed by atoms with Crippen LogP contribution in [-0.2, 0) is 9.59 Å². The Hall–Kier alpha value is -3.07. The van der Waals surface area contributed by atoms with Gasteiger partial charge >= 0.3 is 11.8 Å². The molecule has 9 heteroatoms. The van der Waals surface area contributed by atoms with Crippen molar-refractivity contribution in [2.45, 2.75) is 0 Å². The molecule has 0 spiro atoms. The summed E-state index contributed by atoms with van der Waals surface area (Å²) in [4.78, 5) is 33.3. The van der Waals surface area contributed by atoms with Crippen molar-refractivity contribution in [2.24, 2.45) is 5.10 Å². The summed E-state index contributed by atoms with van der Waals surface area (Å²) < 4.78 is 0.845. The Morgan fingerprint density at radius 1 is 1.04 bits per heavy atom. The summed E-state index contributed by atoms with van der Waals surface area (Å²) in [6, 6.07) is 12.3. The van der Waals surface area contributed by atoms with Gasteiger partial charge in [0.2, 0.25) is 0 Å². The third-order valence-electron chi connectivity index (χ3n) is 2.79. The summed E-state index contributed by atoms with van der Waals surface area (Å²) in [6.45, 7) is 0. The van der Waals surface area contributed by atoms with Gasteiger partial charge in [0.05, 0.1) is 11.1 Å². The van der Waals surface area contributed by atoms with Gasteiger partial charge in [-0.2, -0.15) is 5.10 Å². The second kappa shape index (κ2) is 7.97. The fourth-order valence-corrected chi connectivity index (χ4v) is 1.88. The molecule has 0 aliphatic carbocycles. The zero-order chi connectivity index (χ0) is 17.5. The van der Waals surface area contributed by atoms with Gasteiger partial charge in [-0.3, -0.25) is 19.7 Å². The van der Waals surface area contributed by atoms with E-state index in [4.69, 9.17) is 0 Å². The number of hydrogen-bond acceptors (Lipinski definition) is 5. The average molecular weight is 391 g/mol. The molecule has 2 aromatic carbocycles. The number of non-ortho nitro benzene ring substituents is 1. The molecule has 0 aliphatic heterocycles. The fraction of sp³-hybridized carbons (Fsp3) is 0. The monoisotopic (exact) mass is 390 g/mol. The normalized spacial score (nSPS) is 10.4. The first-order valence-electron chi connectivity index (χ1n) is 6.60. The average Bonchev–Trinajstić information content (AvgIpc) is 2.57. The van der Waals surface area contributed by atoms with Gasteiger partial charge in [0.15, 0.2) is 0 Å². The van der Waals surface area contributed by atoms with Crippen LogP contribution in [0.1, 0.15) is 5.56 Å². The van der Waals surface area contributed by atoms with E-state index in [1.165, 1.54) is 30.5 Å². The molecule has 0 aliphatic rings. The summed E-state index contributed by atoms with van der Waals surface area (Å²) in [5.74, 6) is -1.80. The number of nitrogens with one attached hydrogen (secondary N) is 2. The molecule has 2 rings (SSSR count). The summed E-state index contributed by atoms with van der Waals surface area (Å²) in [7, 11) is 0. The van der Waals surface area contributed by atoms with Gasteiger partial charge in [0.1, 0.15) is 0 Å². The van der Waals surface area contributed by atoms with E-state index in [-0.39, 0.29) is 5.69 Å². The highest BCUT2D eigenvalue weighted by molar-refractivity contribution is 9.10. The van der Waals surface area contributed by atoms with Crippen molar-refractivity contribution in [3.8, 4) is 0 Å². The van der Waals surface area contributed by atoms with Crippen molar-refractivity contribution in [3.05, 3.63) is 68.7 Å². The van der Waals surface area contributed by atoms with Crippen molar-refractivity contribution < 1.29 is 14.5 Å². The van der Waals surface area contributed by atoms with E-state index in [1.807, 2.05) is 0 Å². The molecule has 0 saturated carbocycles. The second-order valence-corrected chi connectivity index (χ2v) is 5.42. The Balaban J connectivity index is 1.88. The molecule has 0 atom stereocenters. The van der Waals surface area contributed by atoms with Crippen LogP contribution in [0.25, 0.3) is 0 Å². The highest BCUT2D eigenvalue weighted by Gasteiger charge is 2.12. The number of hydrazone groups is 1. The maximum absolute atomic E-state index is 11.7. The molecule has 2 aromatic rings. The minimum atomic E-state index is -0.934. The summed E-state index contributed by atoms with van der Waals surface area (Å²) in [5.41, 5.74) is 3.03. The Labute approximate surface area is 144 Å². The molecule has 122 valence electrons. The van der Waals surface area contributed by atoms with E-state index in [2.05, 4.69) is 31.8 Å². The lowest BCUT2D eigenvalue weighted by Gasteiger charge is -2.03. The first kappa shape index (κ1) is 17.3. The lowest BCUT2D eigenvalue weighted by Crippen LogP contribution is -2.32. The minimum absolute atomic E-state index is 0.0509.